The number of nitrogens with zero attached hydrogens (tertiary/aromatic N) is 1. The molecule has 432 valence electrons. The number of aliphatic carboxylic acids is 1. The zero-order valence-corrected chi connectivity index (χ0v) is 47.5. The Bertz CT molecular complexity index is 2880. The van der Waals surface area contributed by atoms with Crippen LogP contribution in [0, 0.1) is 0 Å². The van der Waals surface area contributed by atoms with Crippen LogP contribution in [0.1, 0.15) is 108 Å². The van der Waals surface area contributed by atoms with Gasteiger partial charge in [0.15, 0.2) is 0 Å². The highest BCUT2D eigenvalue weighted by atomic mass is 32.2. The molecule has 0 radical (unpaired) electrons. The highest BCUT2D eigenvalue weighted by Crippen LogP contribution is 2.51. The molecular formula is C53H77NO19S4. The van der Waals surface area contributed by atoms with E-state index < -0.39 is 73.7 Å². The minimum Gasteiger partial charge on any atom is -0.481 e. The van der Waals surface area contributed by atoms with E-state index in [9.17, 15) is 56.7 Å². The molecular weight excluding hydrogens is 1080 g/mol. The molecule has 2 aromatic rings. The van der Waals surface area contributed by atoms with Gasteiger partial charge in [0.05, 0.1) is 74.2 Å². The molecule has 1 heterocycles. The van der Waals surface area contributed by atoms with Crippen LogP contribution in [0.25, 0.3) is 0 Å². The van der Waals surface area contributed by atoms with Crippen molar-refractivity contribution >= 4 is 52.1 Å². The zero-order valence-electron chi connectivity index (χ0n) is 44.2. The maximum atomic E-state index is 12.5. The van der Waals surface area contributed by atoms with Crippen LogP contribution >= 0.6 is 0 Å². The topological polar surface area (TPSA) is 304 Å². The lowest BCUT2D eigenvalue weighted by atomic mass is 9.65. The number of allylic oxidation sites excluding steroid dienone is 10. The number of unbranched alkanes of at least 4 members (excludes halogenated alkanes) is 5. The van der Waals surface area contributed by atoms with E-state index >= 15 is 0 Å². The van der Waals surface area contributed by atoms with Crippen molar-refractivity contribution in [1.82, 2.24) is 0 Å². The summed E-state index contributed by atoms with van der Waals surface area (Å²) in [5.74, 6) is -1.98. The summed E-state index contributed by atoms with van der Waals surface area (Å²) in [5, 5.41) is 9.02. The van der Waals surface area contributed by atoms with E-state index in [2.05, 4.69) is 0 Å². The lowest BCUT2D eigenvalue weighted by Crippen LogP contribution is -2.32. The van der Waals surface area contributed by atoms with Crippen molar-refractivity contribution in [2.24, 2.45) is 0 Å². The first-order valence-corrected chi connectivity index (χ1v) is 31.8. The number of ether oxygens (including phenoxy) is 5. The van der Waals surface area contributed by atoms with Gasteiger partial charge in [0.2, 0.25) is 0 Å². The fourth-order valence-electron chi connectivity index (χ4n) is 9.74. The van der Waals surface area contributed by atoms with Gasteiger partial charge in [-0.05, 0) is 117 Å². The SMILES string of the molecule is COCCOCCOCCOCCOCCC1(C)C(/C=C/C=C/C=C/C=C2/N(CCCS(=O)(=O)O)c3ccc(S(=O)(=O)O)cc3C2(C)CCCS(=O)(=O)O)=C(CCCCCCCCC(=O)O)Cc2ccc(S(=O)(=O)O)cc21. The Kier molecular flexibility index (Phi) is 26.3. The Balaban J connectivity index is 1.65. The molecule has 0 spiro atoms. The van der Waals surface area contributed by atoms with Crippen molar-refractivity contribution in [3.05, 3.63) is 112 Å². The third-order valence-electron chi connectivity index (χ3n) is 13.6. The van der Waals surface area contributed by atoms with Crippen molar-refractivity contribution in [2.45, 2.75) is 118 Å². The first-order valence-electron chi connectivity index (χ1n) is 25.7. The first kappa shape index (κ1) is 65.4. The molecule has 1 aliphatic carbocycles. The molecule has 2 unspecified atom stereocenters. The third-order valence-corrected chi connectivity index (χ3v) is 16.9. The van der Waals surface area contributed by atoms with Crippen LogP contribution in [-0.2, 0) is 86.2 Å². The fraction of sp³-hybridized carbons (Fsp3) is 0.566. The lowest BCUT2D eigenvalue weighted by Gasteiger charge is -2.40. The van der Waals surface area contributed by atoms with Crippen molar-refractivity contribution in [3.63, 3.8) is 0 Å². The van der Waals surface area contributed by atoms with Crippen LogP contribution in [0.2, 0.25) is 0 Å². The average molecular weight is 1160 g/mol. The summed E-state index contributed by atoms with van der Waals surface area (Å²) >= 11 is 0. The summed E-state index contributed by atoms with van der Waals surface area (Å²) in [4.78, 5) is 12.1. The summed E-state index contributed by atoms with van der Waals surface area (Å²) in [6.45, 7) is 7.30. The minimum absolute atomic E-state index is 0.0396. The Hall–Kier alpha value is -4.15. The van der Waals surface area contributed by atoms with Gasteiger partial charge in [0.1, 0.15) is 0 Å². The highest BCUT2D eigenvalue weighted by molar-refractivity contribution is 7.86. The third kappa shape index (κ3) is 21.8. The second-order valence-corrected chi connectivity index (χ2v) is 25.4. The fourth-order valence-corrected chi connectivity index (χ4v) is 11.8. The zero-order chi connectivity index (χ0) is 56.8. The predicted molar refractivity (Wildman–Crippen MR) is 292 cm³/mol. The first-order chi connectivity index (χ1) is 36.3. The molecule has 2 aliphatic rings. The van der Waals surface area contributed by atoms with Crippen molar-refractivity contribution in [2.75, 3.05) is 89.5 Å². The van der Waals surface area contributed by atoms with Crippen LogP contribution in [0.3, 0.4) is 0 Å². The molecule has 4 rings (SSSR count). The number of carboxylic acids is 1. The van der Waals surface area contributed by atoms with E-state index in [-0.39, 0.29) is 50.3 Å². The Morgan fingerprint density at radius 1 is 0.597 bits per heavy atom. The maximum absolute atomic E-state index is 12.5. The van der Waals surface area contributed by atoms with Gasteiger partial charge in [-0.2, -0.15) is 33.7 Å². The number of rotatable bonds is 38. The summed E-state index contributed by atoms with van der Waals surface area (Å²) in [5.41, 5.74) is 3.24. The van der Waals surface area contributed by atoms with E-state index in [0.717, 1.165) is 60.8 Å². The molecule has 24 heteroatoms. The molecule has 2 aromatic carbocycles. The van der Waals surface area contributed by atoms with Gasteiger partial charge < -0.3 is 33.7 Å². The van der Waals surface area contributed by atoms with E-state index in [0.29, 0.717) is 82.5 Å². The summed E-state index contributed by atoms with van der Waals surface area (Å²) in [6, 6.07) is 8.61. The molecule has 0 bridgehead atoms. The molecule has 0 saturated heterocycles. The number of methoxy groups -OCH3 is 1. The van der Waals surface area contributed by atoms with Gasteiger partial charge in [0.25, 0.3) is 40.5 Å². The molecule has 20 nitrogen and oxygen atoms in total. The molecule has 0 aromatic heterocycles. The number of carbonyl (C=O) groups is 1. The predicted octanol–water partition coefficient (Wildman–Crippen LogP) is 7.88. The second kappa shape index (κ2) is 31.0. The van der Waals surface area contributed by atoms with Crippen LogP contribution in [0.15, 0.2) is 106 Å². The molecule has 0 saturated carbocycles. The van der Waals surface area contributed by atoms with Crippen LogP contribution in [-0.4, -0.2) is 148 Å². The molecule has 0 amide bonds. The Morgan fingerprint density at radius 2 is 1.12 bits per heavy atom. The molecule has 1 aliphatic heterocycles. The van der Waals surface area contributed by atoms with Crippen LogP contribution in [0.4, 0.5) is 5.69 Å². The maximum Gasteiger partial charge on any atom is 0.303 e. The largest absolute Gasteiger partial charge is 0.481 e. The number of fused-ring (bicyclic) bond motifs is 2. The monoisotopic (exact) mass is 1160 g/mol. The number of hydrogen-bond acceptors (Lipinski definition) is 15. The Morgan fingerprint density at radius 3 is 1.70 bits per heavy atom. The Labute approximate surface area is 455 Å². The highest BCUT2D eigenvalue weighted by Gasteiger charge is 2.44. The van der Waals surface area contributed by atoms with Gasteiger partial charge >= 0.3 is 5.97 Å². The average Bonchev–Trinajstić information content (AvgIpc) is 3.57. The number of benzene rings is 2. The summed E-state index contributed by atoms with van der Waals surface area (Å²) in [7, 11) is -16.4. The number of anilines is 1. The van der Waals surface area contributed by atoms with Crippen LogP contribution < -0.4 is 4.90 Å². The molecule has 2 atom stereocenters. The minimum atomic E-state index is -4.68. The number of hydrogen-bond donors (Lipinski definition) is 5. The van der Waals surface area contributed by atoms with Crippen LogP contribution in [0.5, 0.6) is 0 Å². The number of carboxylic acid groups (broad SMARTS) is 1. The second-order valence-electron chi connectivity index (χ2n) is 19.4. The van der Waals surface area contributed by atoms with E-state index in [1.165, 1.54) is 30.3 Å². The molecule has 0 fully saturated rings. The lowest BCUT2D eigenvalue weighted by molar-refractivity contribution is -0.137. The van der Waals surface area contributed by atoms with Gasteiger partial charge in [-0.25, -0.2) is 0 Å². The van der Waals surface area contributed by atoms with Crippen molar-refractivity contribution in [3.8, 4) is 0 Å². The standard InChI is InChI=1S/C53H77NO19S4/c1-52(26-28-70-31-32-72-35-36-73-34-33-71-30-29-69-3)46(42(17-11-7-4-5-10-14-20-51(55)56)39-43-21-22-44(40-47(43)52)76(63,64)65)18-12-8-6-9-13-19-50-53(2,25-15-37-74(57,58)59)48-41-45(77(66,67)68)23-24-49(48)54(50)27-16-38-75(60,61)62/h6,8-9,12-13,18-19,21-24,40-41H,4-5,7,10-11,14-17,20,25-39H2,1-3H3,(H,55,56)(H,57,58,59)(H,60,61,62)(H,63,64,65)(H,66,67,68)/b8-6+,13-9+,18-12+,50-19+. The molecule has 77 heavy (non-hydrogen) atoms. The summed E-state index contributed by atoms with van der Waals surface area (Å²) in [6.07, 6.45) is 19.4. The molecule has 5 N–H and O–H groups in total. The quantitative estimate of drug-likeness (QED) is 0.0243. The van der Waals surface area contributed by atoms with Gasteiger partial charge in [0, 0.05) is 48.9 Å². The summed E-state index contributed by atoms with van der Waals surface area (Å²) < 4.78 is 163. The normalized spacial score (nSPS) is 18.9. The van der Waals surface area contributed by atoms with Crippen molar-refractivity contribution < 1.29 is 85.5 Å². The van der Waals surface area contributed by atoms with E-state index in [1.807, 2.05) is 19.1 Å². The van der Waals surface area contributed by atoms with Gasteiger partial charge in [-0.1, -0.05) is 80.7 Å². The van der Waals surface area contributed by atoms with E-state index in [4.69, 9.17) is 28.8 Å². The van der Waals surface area contributed by atoms with Gasteiger partial charge in [-0.3, -0.25) is 23.0 Å². The van der Waals surface area contributed by atoms with Gasteiger partial charge in [-0.15, -0.1) is 0 Å². The van der Waals surface area contributed by atoms with E-state index in [1.54, 1.807) is 55.4 Å². The smallest absolute Gasteiger partial charge is 0.303 e. The van der Waals surface area contributed by atoms with Crippen molar-refractivity contribution in [1.29, 1.82) is 0 Å².